The van der Waals surface area contributed by atoms with Crippen molar-refractivity contribution in [3.63, 3.8) is 0 Å². The van der Waals surface area contributed by atoms with Gasteiger partial charge in [0.1, 0.15) is 21.4 Å². The second-order valence-electron chi connectivity index (χ2n) is 5.02. The van der Waals surface area contributed by atoms with E-state index in [-0.39, 0.29) is 0 Å². The molecule has 1 aliphatic rings. The molecule has 1 aliphatic heterocycles. The van der Waals surface area contributed by atoms with Crippen molar-refractivity contribution in [1.82, 2.24) is 4.90 Å². The minimum absolute atomic E-state index is 0.569. The molecular weight excluding hydrogens is 324 g/mol. The van der Waals surface area contributed by atoms with E-state index in [2.05, 4.69) is 0 Å². The van der Waals surface area contributed by atoms with Crippen LogP contribution in [0.1, 0.15) is 6.92 Å². The predicted molar refractivity (Wildman–Crippen MR) is 70.6 cm³/mol. The Bertz CT molecular complexity index is 608. The monoisotopic (exact) mass is 338 g/mol. The minimum Gasteiger partial charge on any atom is -0.321 e. The molecule has 0 radical (unpaired) electrons. The van der Waals surface area contributed by atoms with E-state index in [1.165, 1.54) is 0 Å². The number of rotatable bonds is 7. The number of nitrogens with two attached hydrogens (primary N) is 1. The van der Waals surface area contributed by atoms with Gasteiger partial charge in [-0.25, -0.2) is 8.42 Å². The van der Waals surface area contributed by atoms with Crippen LogP contribution in [0.5, 0.6) is 0 Å². The number of carbonyl (C=O) groups is 2. The number of carbonyl (C=O) groups excluding carboxylic acids is 2. The van der Waals surface area contributed by atoms with E-state index in [0.717, 1.165) is 6.92 Å². The second-order valence-corrected chi connectivity index (χ2v) is 7.13. The van der Waals surface area contributed by atoms with Crippen molar-refractivity contribution >= 4 is 21.5 Å². The summed E-state index contributed by atoms with van der Waals surface area (Å²) >= 11 is 0. The number of likely N-dealkylation sites (tertiary alicyclic amines) is 1. The van der Waals surface area contributed by atoms with E-state index in [0.29, 0.717) is 4.90 Å². The van der Waals surface area contributed by atoms with Crippen LogP contribution in [0.25, 0.3) is 0 Å². The summed E-state index contributed by atoms with van der Waals surface area (Å²) in [5, 5.41) is 21.3. The first kappa shape index (κ1) is 17.9. The van der Waals surface area contributed by atoms with Crippen molar-refractivity contribution in [3.8, 4) is 0 Å². The van der Waals surface area contributed by atoms with Gasteiger partial charge in [0.25, 0.3) is 0 Å². The largest absolute Gasteiger partial charge is 0.492 e. The molecule has 0 saturated carbocycles. The predicted octanol–water partition coefficient (Wildman–Crippen LogP) is -2.59. The molecule has 0 aromatic carbocycles. The van der Waals surface area contributed by atoms with Crippen molar-refractivity contribution < 1.29 is 27.9 Å². The van der Waals surface area contributed by atoms with Crippen LogP contribution in [0.3, 0.4) is 0 Å². The molecular formula is C9H14N4O8S. The Kier molecular flexibility index (Phi) is 4.82. The van der Waals surface area contributed by atoms with E-state index in [9.17, 15) is 38.2 Å². The summed E-state index contributed by atoms with van der Waals surface area (Å²) < 4.78 is 23.4. The lowest BCUT2D eigenvalue weighted by molar-refractivity contribution is -0.809. The molecule has 0 aromatic rings. The highest BCUT2D eigenvalue weighted by Crippen LogP contribution is 2.25. The first-order valence-electron chi connectivity index (χ1n) is 5.94. The molecule has 1 fully saturated rings. The average molecular weight is 338 g/mol. The second kappa shape index (κ2) is 5.92. The molecule has 12 nitrogen and oxygen atoms in total. The Balaban J connectivity index is 2.68. The molecule has 13 heteroatoms. The number of amides is 1. The fourth-order valence-corrected chi connectivity index (χ4v) is 3.23. The molecule has 0 unspecified atom stereocenters. The first-order chi connectivity index (χ1) is 9.91. The first-order valence-corrected chi connectivity index (χ1v) is 7.76. The molecule has 1 amide bonds. The van der Waals surface area contributed by atoms with Gasteiger partial charge in [-0.3, -0.25) is 29.8 Å². The van der Waals surface area contributed by atoms with Gasteiger partial charge in [-0.2, -0.15) is 0 Å². The van der Waals surface area contributed by atoms with Crippen molar-refractivity contribution in [2.75, 3.05) is 24.6 Å². The third-order valence-corrected chi connectivity index (χ3v) is 4.77. The molecule has 2 N–H and O–H groups in total. The Morgan fingerprint density at radius 3 is 2.09 bits per heavy atom. The summed E-state index contributed by atoms with van der Waals surface area (Å²) in [5.41, 5.74) is 2.80. The Hall–Kier alpha value is -2.15. The van der Waals surface area contributed by atoms with Gasteiger partial charge in [-0.1, -0.05) is 0 Å². The lowest BCUT2D eigenvalue weighted by Gasteiger charge is -2.35. The molecule has 124 valence electrons. The van der Waals surface area contributed by atoms with Crippen LogP contribution in [-0.2, 0) is 19.4 Å². The zero-order chi connectivity index (χ0) is 17.3. The lowest BCUT2D eigenvalue weighted by Crippen LogP contribution is -2.71. The Morgan fingerprint density at radius 2 is 1.73 bits per heavy atom. The van der Waals surface area contributed by atoms with Gasteiger partial charge in [0.2, 0.25) is 5.91 Å². The summed E-state index contributed by atoms with van der Waals surface area (Å²) in [7, 11) is -4.00. The summed E-state index contributed by atoms with van der Waals surface area (Å²) in [6.45, 7) is -0.514. The molecule has 0 aromatic heterocycles. The van der Waals surface area contributed by atoms with Crippen LogP contribution in [0.15, 0.2) is 0 Å². The standard InChI is InChI=1S/C9H14N4O8S/c1-6(14)7(10)2-22(20,21)3-8(15)11-4-9(5-11,12(16)17)13(18)19/h7H,2-5,10H2,1H3/t7-/m0/s1. The lowest BCUT2D eigenvalue weighted by atomic mass is 10.0. The molecule has 22 heavy (non-hydrogen) atoms. The summed E-state index contributed by atoms with van der Waals surface area (Å²) in [5.74, 6) is -3.33. The summed E-state index contributed by atoms with van der Waals surface area (Å²) in [6, 6.07) is -1.27. The highest BCUT2D eigenvalue weighted by atomic mass is 32.2. The van der Waals surface area contributed by atoms with Crippen molar-refractivity contribution in [2.45, 2.75) is 18.6 Å². The Morgan fingerprint density at radius 1 is 1.27 bits per heavy atom. The van der Waals surface area contributed by atoms with Crippen LogP contribution in [-0.4, -0.2) is 71.2 Å². The van der Waals surface area contributed by atoms with E-state index in [1.54, 1.807) is 0 Å². The Labute approximate surface area is 124 Å². The van der Waals surface area contributed by atoms with Gasteiger partial charge in [0.15, 0.2) is 22.9 Å². The number of ketones is 1. The third-order valence-electron chi connectivity index (χ3n) is 3.22. The van der Waals surface area contributed by atoms with Crippen LogP contribution in [0.4, 0.5) is 0 Å². The van der Waals surface area contributed by atoms with E-state index in [1.807, 2.05) is 0 Å². The van der Waals surface area contributed by atoms with Crippen LogP contribution in [0, 0.1) is 20.2 Å². The molecule has 0 bridgehead atoms. The maximum absolute atomic E-state index is 11.7. The van der Waals surface area contributed by atoms with Gasteiger partial charge in [-0.05, 0) is 6.92 Å². The van der Waals surface area contributed by atoms with Crippen molar-refractivity contribution in [1.29, 1.82) is 0 Å². The van der Waals surface area contributed by atoms with Crippen molar-refractivity contribution in [3.05, 3.63) is 20.2 Å². The zero-order valence-electron chi connectivity index (χ0n) is 11.5. The molecule has 1 saturated heterocycles. The van der Waals surface area contributed by atoms with Crippen molar-refractivity contribution in [2.24, 2.45) is 5.73 Å². The number of hydrogen-bond donors (Lipinski definition) is 1. The molecule has 0 aliphatic carbocycles. The fourth-order valence-electron chi connectivity index (χ4n) is 1.77. The van der Waals surface area contributed by atoms with E-state index in [4.69, 9.17) is 5.73 Å². The maximum atomic E-state index is 11.7. The zero-order valence-corrected chi connectivity index (χ0v) is 12.3. The number of nitro groups is 2. The van der Waals surface area contributed by atoms with E-state index < -0.39 is 67.7 Å². The van der Waals surface area contributed by atoms with Gasteiger partial charge in [0, 0.05) is 0 Å². The molecule has 1 heterocycles. The number of nitrogens with zero attached hydrogens (tertiary/aromatic N) is 3. The fraction of sp³-hybridized carbons (Fsp3) is 0.778. The topological polar surface area (TPSA) is 184 Å². The van der Waals surface area contributed by atoms with Crippen LogP contribution < -0.4 is 5.73 Å². The quantitative estimate of drug-likeness (QED) is 0.295. The van der Waals surface area contributed by atoms with Crippen LogP contribution >= 0.6 is 0 Å². The highest BCUT2D eigenvalue weighted by Gasteiger charge is 2.67. The summed E-state index contributed by atoms with van der Waals surface area (Å²) in [6.07, 6.45) is 0. The third kappa shape index (κ3) is 3.54. The van der Waals surface area contributed by atoms with Crippen LogP contribution in [0.2, 0.25) is 0 Å². The molecule has 0 spiro atoms. The smallest absolute Gasteiger partial charge is 0.321 e. The number of Topliss-reactive ketones (excluding diaryl/α,β-unsaturated/α-hetero) is 1. The summed E-state index contributed by atoms with van der Waals surface area (Å²) in [4.78, 5) is 42.4. The van der Waals surface area contributed by atoms with Gasteiger partial charge < -0.3 is 10.6 Å². The maximum Gasteiger partial charge on any atom is 0.492 e. The average Bonchev–Trinajstić information content (AvgIpc) is 2.24. The molecule has 1 rings (SSSR count). The van der Waals surface area contributed by atoms with E-state index >= 15 is 0 Å². The van der Waals surface area contributed by atoms with Gasteiger partial charge >= 0.3 is 5.66 Å². The normalized spacial score (nSPS) is 18.2. The molecule has 1 atom stereocenters. The van der Waals surface area contributed by atoms with Gasteiger partial charge in [0.05, 0.1) is 11.8 Å². The van der Waals surface area contributed by atoms with Gasteiger partial charge in [-0.15, -0.1) is 0 Å². The SMILES string of the molecule is CC(=O)[C@@H](N)CS(=O)(=O)CC(=O)N1CC([N+](=O)[O-])([N+](=O)[O-])C1. The highest BCUT2D eigenvalue weighted by molar-refractivity contribution is 7.92. The minimum atomic E-state index is -4.00. The number of sulfone groups is 1. The number of hydrogen-bond acceptors (Lipinski definition) is 9.